The van der Waals surface area contributed by atoms with E-state index < -0.39 is 0 Å². The van der Waals surface area contributed by atoms with Crippen molar-refractivity contribution in [1.82, 2.24) is 9.97 Å². The van der Waals surface area contributed by atoms with Gasteiger partial charge in [-0.05, 0) is 42.6 Å². The van der Waals surface area contributed by atoms with Gasteiger partial charge in [-0.2, -0.15) is 0 Å². The van der Waals surface area contributed by atoms with E-state index in [4.69, 9.17) is 11.6 Å². The average molecular weight is 222 g/mol. The second kappa shape index (κ2) is 3.66. The maximum Gasteiger partial charge on any atom is 0.224 e. The molecule has 1 aromatic heterocycles. The first kappa shape index (κ1) is 10.2. The lowest BCUT2D eigenvalue weighted by Gasteiger charge is -2.08. The van der Waals surface area contributed by atoms with Gasteiger partial charge in [-0.25, -0.2) is 9.97 Å². The zero-order chi connectivity index (χ0) is 11.0. The molecule has 0 aliphatic carbocycles. The van der Waals surface area contributed by atoms with Gasteiger partial charge >= 0.3 is 0 Å². The number of halogens is 1. The topological polar surface area (TPSA) is 37.8 Å². The minimum absolute atomic E-state index is 0.277. The number of benzene rings is 1. The Morgan fingerprint density at radius 3 is 2.60 bits per heavy atom. The SMILES string of the molecule is CNc1nc(Cl)nc2c(C)cc(C)cc12. The van der Waals surface area contributed by atoms with Crippen LogP contribution in [0.4, 0.5) is 5.82 Å². The van der Waals surface area contributed by atoms with Crippen molar-refractivity contribution in [2.45, 2.75) is 13.8 Å². The number of hydrogen-bond donors (Lipinski definition) is 1. The molecular weight excluding hydrogens is 210 g/mol. The molecule has 78 valence electrons. The lowest BCUT2D eigenvalue weighted by atomic mass is 10.1. The van der Waals surface area contributed by atoms with E-state index in [1.807, 2.05) is 14.0 Å². The van der Waals surface area contributed by atoms with Crippen LogP contribution in [-0.4, -0.2) is 17.0 Å². The summed E-state index contributed by atoms with van der Waals surface area (Å²) in [5, 5.41) is 4.32. The fourth-order valence-corrected chi connectivity index (χ4v) is 1.92. The van der Waals surface area contributed by atoms with Crippen LogP contribution in [0.25, 0.3) is 10.9 Å². The van der Waals surface area contributed by atoms with Gasteiger partial charge in [0.05, 0.1) is 5.52 Å². The summed E-state index contributed by atoms with van der Waals surface area (Å²) in [7, 11) is 1.83. The van der Waals surface area contributed by atoms with Crippen LogP contribution in [0.2, 0.25) is 5.28 Å². The molecule has 3 nitrogen and oxygen atoms in total. The molecule has 1 aromatic carbocycles. The Labute approximate surface area is 93.5 Å². The molecule has 0 atom stereocenters. The third kappa shape index (κ3) is 1.75. The number of aromatic nitrogens is 2. The number of nitrogens with one attached hydrogen (secondary N) is 1. The van der Waals surface area contributed by atoms with Crippen LogP contribution in [0.5, 0.6) is 0 Å². The molecule has 0 aliphatic rings. The highest BCUT2D eigenvalue weighted by molar-refractivity contribution is 6.28. The number of aryl methyl sites for hydroxylation is 2. The zero-order valence-corrected chi connectivity index (χ0v) is 9.68. The fraction of sp³-hybridized carbons (Fsp3) is 0.273. The molecule has 0 fully saturated rings. The smallest absolute Gasteiger partial charge is 0.224 e. The largest absolute Gasteiger partial charge is 0.372 e. The van der Waals surface area contributed by atoms with Crippen molar-refractivity contribution in [2.75, 3.05) is 12.4 Å². The van der Waals surface area contributed by atoms with Gasteiger partial charge in [0.25, 0.3) is 0 Å². The van der Waals surface area contributed by atoms with E-state index in [-0.39, 0.29) is 5.28 Å². The molecule has 2 rings (SSSR count). The van der Waals surface area contributed by atoms with Crippen LogP contribution in [0.3, 0.4) is 0 Å². The molecule has 4 heteroatoms. The highest BCUT2D eigenvalue weighted by atomic mass is 35.5. The Hall–Kier alpha value is -1.35. The third-order valence-corrected chi connectivity index (χ3v) is 2.51. The summed E-state index contributed by atoms with van der Waals surface area (Å²) in [5.74, 6) is 0.775. The highest BCUT2D eigenvalue weighted by Crippen LogP contribution is 2.25. The standard InChI is InChI=1S/C11H12ClN3/c1-6-4-7(2)9-8(5-6)10(13-3)15-11(12)14-9/h4-5H,1-3H3,(H,13,14,15). The number of fused-ring (bicyclic) bond motifs is 1. The maximum absolute atomic E-state index is 5.85. The Morgan fingerprint density at radius 1 is 1.20 bits per heavy atom. The quantitative estimate of drug-likeness (QED) is 0.753. The lowest BCUT2D eigenvalue weighted by Crippen LogP contribution is -1.97. The minimum atomic E-state index is 0.277. The van der Waals surface area contributed by atoms with Crippen molar-refractivity contribution in [3.63, 3.8) is 0 Å². The molecule has 15 heavy (non-hydrogen) atoms. The third-order valence-electron chi connectivity index (χ3n) is 2.34. The average Bonchev–Trinajstić information content (AvgIpc) is 2.18. The fourth-order valence-electron chi connectivity index (χ4n) is 1.75. The van der Waals surface area contributed by atoms with Gasteiger partial charge in [0.15, 0.2) is 0 Å². The predicted octanol–water partition coefficient (Wildman–Crippen LogP) is 2.94. The first-order chi connectivity index (χ1) is 7.11. The molecule has 0 spiro atoms. The summed E-state index contributed by atoms with van der Waals surface area (Å²) in [4.78, 5) is 8.38. The molecular formula is C11H12ClN3. The Balaban J connectivity index is 2.89. The molecule has 0 saturated carbocycles. The summed E-state index contributed by atoms with van der Waals surface area (Å²) in [6, 6.07) is 4.15. The van der Waals surface area contributed by atoms with E-state index >= 15 is 0 Å². The van der Waals surface area contributed by atoms with Gasteiger partial charge in [0.1, 0.15) is 5.82 Å². The van der Waals surface area contributed by atoms with Crippen LogP contribution in [-0.2, 0) is 0 Å². The van der Waals surface area contributed by atoms with Crippen LogP contribution < -0.4 is 5.32 Å². The first-order valence-corrected chi connectivity index (χ1v) is 5.12. The van der Waals surface area contributed by atoms with Crippen molar-refractivity contribution in [3.05, 3.63) is 28.5 Å². The van der Waals surface area contributed by atoms with Crippen molar-refractivity contribution in [1.29, 1.82) is 0 Å². The second-order valence-electron chi connectivity index (χ2n) is 3.57. The van der Waals surface area contributed by atoms with Crippen molar-refractivity contribution >= 4 is 28.3 Å². The predicted molar refractivity (Wildman–Crippen MR) is 63.6 cm³/mol. The number of rotatable bonds is 1. The molecule has 0 bridgehead atoms. The molecule has 2 aromatic rings. The molecule has 0 aliphatic heterocycles. The van der Waals surface area contributed by atoms with Crippen molar-refractivity contribution in [3.8, 4) is 0 Å². The van der Waals surface area contributed by atoms with Gasteiger partial charge in [-0.1, -0.05) is 6.07 Å². The molecule has 1 heterocycles. The Morgan fingerprint density at radius 2 is 1.93 bits per heavy atom. The van der Waals surface area contributed by atoms with Crippen LogP contribution >= 0.6 is 11.6 Å². The van der Waals surface area contributed by atoms with E-state index in [1.54, 1.807) is 0 Å². The van der Waals surface area contributed by atoms with Crippen LogP contribution in [0, 0.1) is 13.8 Å². The summed E-state index contributed by atoms with van der Waals surface area (Å²) >= 11 is 5.85. The summed E-state index contributed by atoms with van der Waals surface area (Å²) in [6.45, 7) is 4.08. The summed E-state index contributed by atoms with van der Waals surface area (Å²) < 4.78 is 0. The zero-order valence-electron chi connectivity index (χ0n) is 8.93. The number of hydrogen-bond acceptors (Lipinski definition) is 3. The van der Waals surface area contributed by atoms with Gasteiger partial charge in [-0.15, -0.1) is 0 Å². The van der Waals surface area contributed by atoms with E-state index in [0.717, 1.165) is 22.3 Å². The van der Waals surface area contributed by atoms with Crippen molar-refractivity contribution < 1.29 is 0 Å². The molecule has 0 unspecified atom stereocenters. The number of anilines is 1. The normalized spacial score (nSPS) is 10.7. The second-order valence-corrected chi connectivity index (χ2v) is 3.91. The first-order valence-electron chi connectivity index (χ1n) is 4.74. The van der Waals surface area contributed by atoms with E-state index in [2.05, 4.69) is 34.3 Å². The monoisotopic (exact) mass is 221 g/mol. The minimum Gasteiger partial charge on any atom is -0.372 e. The van der Waals surface area contributed by atoms with E-state index in [0.29, 0.717) is 0 Å². The molecule has 1 N–H and O–H groups in total. The van der Waals surface area contributed by atoms with Crippen LogP contribution in [0.1, 0.15) is 11.1 Å². The molecule has 0 saturated heterocycles. The maximum atomic E-state index is 5.85. The van der Waals surface area contributed by atoms with Gasteiger partial charge in [0.2, 0.25) is 5.28 Å². The van der Waals surface area contributed by atoms with Gasteiger partial charge in [0, 0.05) is 12.4 Å². The Bertz CT molecular complexity index is 523. The van der Waals surface area contributed by atoms with Crippen molar-refractivity contribution in [2.24, 2.45) is 0 Å². The number of nitrogens with zero attached hydrogens (tertiary/aromatic N) is 2. The Kier molecular flexibility index (Phi) is 2.49. The highest BCUT2D eigenvalue weighted by Gasteiger charge is 2.07. The van der Waals surface area contributed by atoms with Gasteiger partial charge < -0.3 is 5.32 Å². The van der Waals surface area contributed by atoms with Gasteiger partial charge in [-0.3, -0.25) is 0 Å². The molecule has 0 radical (unpaired) electrons. The van der Waals surface area contributed by atoms with E-state index in [9.17, 15) is 0 Å². The summed E-state index contributed by atoms with van der Waals surface area (Å²) in [5.41, 5.74) is 3.22. The van der Waals surface area contributed by atoms with E-state index in [1.165, 1.54) is 5.56 Å². The summed E-state index contributed by atoms with van der Waals surface area (Å²) in [6.07, 6.45) is 0. The molecule has 0 amide bonds. The van der Waals surface area contributed by atoms with Crippen LogP contribution in [0.15, 0.2) is 12.1 Å². The lowest BCUT2D eigenvalue weighted by molar-refractivity contribution is 1.19.